The molecule has 1 aliphatic rings. The lowest BCUT2D eigenvalue weighted by molar-refractivity contribution is 0.0690. The highest BCUT2D eigenvalue weighted by Crippen LogP contribution is 2.19. The molecule has 0 spiro atoms. The maximum Gasteiger partial charge on any atom is 0.319 e. The van der Waals surface area contributed by atoms with Crippen LogP contribution in [0.5, 0.6) is 0 Å². The Morgan fingerprint density at radius 1 is 1.30 bits per heavy atom. The summed E-state index contributed by atoms with van der Waals surface area (Å²) in [7, 11) is 0. The molecule has 1 aliphatic heterocycles. The van der Waals surface area contributed by atoms with Crippen molar-refractivity contribution < 1.29 is 14.0 Å². The number of nitrogens with zero attached hydrogens (tertiary/aromatic N) is 1. The Labute approximate surface area is 138 Å². The van der Waals surface area contributed by atoms with Crippen LogP contribution in [-0.4, -0.2) is 36.5 Å². The summed E-state index contributed by atoms with van der Waals surface area (Å²) in [4.78, 5) is 25.8. The molecule has 122 valence electrons. The summed E-state index contributed by atoms with van der Waals surface area (Å²) in [5.74, 6) is 0.415. The number of hydrogen-bond acceptors (Lipinski definition) is 4. The minimum Gasteiger partial charge on any atom is -0.472 e. The fourth-order valence-electron chi connectivity index (χ4n) is 2.65. The van der Waals surface area contributed by atoms with Gasteiger partial charge in [-0.2, -0.15) is 0 Å². The van der Waals surface area contributed by atoms with Crippen molar-refractivity contribution in [1.82, 2.24) is 10.2 Å². The van der Waals surface area contributed by atoms with Gasteiger partial charge in [0.05, 0.1) is 16.8 Å². The summed E-state index contributed by atoms with van der Waals surface area (Å²) in [6.07, 6.45) is 4.77. The van der Waals surface area contributed by atoms with Gasteiger partial charge < -0.3 is 14.6 Å². The minimum absolute atomic E-state index is 0.0144. The standard InChI is InChI=1S/C16H19N3O3S/c20-15(13-5-8-22-11-13)19-6-3-12(4-7-19)10-17-16(21)18-14-2-1-9-23-14/h1-2,5,8-9,11-12H,3-4,6-7,10H2,(H2,17,18,21). The van der Waals surface area contributed by atoms with Crippen molar-refractivity contribution in [2.45, 2.75) is 12.8 Å². The Bertz CT molecular complexity index is 632. The van der Waals surface area contributed by atoms with Crippen LogP contribution in [0.1, 0.15) is 23.2 Å². The van der Waals surface area contributed by atoms with Crippen LogP contribution in [0.3, 0.4) is 0 Å². The number of anilines is 1. The third kappa shape index (κ3) is 4.13. The summed E-state index contributed by atoms with van der Waals surface area (Å²) >= 11 is 1.49. The van der Waals surface area contributed by atoms with Gasteiger partial charge in [-0.25, -0.2) is 4.79 Å². The molecule has 3 heterocycles. The van der Waals surface area contributed by atoms with E-state index in [-0.39, 0.29) is 11.9 Å². The number of carbonyl (C=O) groups excluding carboxylic acids is 2. The molecule has 2 aromatic heterocycles. The average molecular weight is 333 g/mol. The number of thiophene rings is 1. The molecule has 7 heteroatoms. The zero-order chi connectivity index (χ0) is 16.1. The second kappa shape index (κ2) is 7.32. The van der Waals surface area contributed by atoms with E-state index in [4.69, 9.17) is 4.42 Å². The van der Waals surface area contributed by atoms with Crippen LogP contribution in [-0.2, 0) is 0 Å². The van der Waals surface area contributed by atoms with E-state index in [9.17, 15) is 9.59 Å². The van der Waals surface area contributed by atoms with Gasteiger partial charge in [-0.1, -0.05) is 0 Å². The Hall–Kier alpha value is -2.28. The van der Waals surface area contributed by atoms with Gasteiger partial charge in [-0.05, 0) is 42.3 Å². The van der Waals surface area contributed by atoms with Crippen LogP contribution in [0, 0.1) is 5.92 Å². The van der Waals surface area contributed by atoms with Crippen molar-refractivity contribution in [3.8, 4) is 0 Å². The first kappa shape index (κ1) is 15.6. The highest BCUT2D eigenvalue weighted by Gasteiger charge is 2.24. The third-order valence-corrected chi connectivity index (χ3v) is 4.76. The predicted molar refractivity (Wildman–Crippen MR) is 88.7 cm³/mol. The molecule has 1 saturated heterocycles. The summed E-state index contributed by atoms with van der Waals surface area (Å²) in [6, 6.07) is 5.27. The van der Waals surface area contributed by atoms with E-state index in [0.717, 1.165) is 17.8 Å². The largest absolute Gasteiger partial charge is 0.472 e. The van der Waals surface area contributed by atoms with Gasteiger partial charge in [0.15, 0.2) is 0 Å². The molecule has 0 unspecified atom stereocenters. The number of rotatable bonds is 4. The molecule has 0 aliphatic carbocycles. The number of urea groups is 1. The maximum absolute atomic E-state index is 12.2. The lowest BCUT2D eigenvalue weighted by atomic mass is 9.96. The fourth-order valence-corrected chi connectivity index (χ4v) is 3.26. The molecule has 3 amide bonds. The number of nitrogens with one attached hydrogen (secondary N) is 2. The van der Waals surface area contributed by atoms with Gasteiger partial charge >= 0.3 is 6.03 Å². The van der Waals surface area contributed by atoms with E-state index in [1.165, 1.54) is 23.9 Å². The Kier molecular flexibility index (Phi) is 4.97. The van der Waals surface area contributed by atoms with E-state index in [2.05, 4.69) is 10.6 Å². The van der Waals surface area contributed by atoms with Crippen LogP contribution in [0.2, 0.25) is 0 Å². The normalized spacial score (nSPS) is 15.4. The monoisotopic (exact) mass is 333 g/mol. The molecule has 1 fully saturated rings. The predicted octanol–water partition coefficient (Wildman–Crippen LogP) is 3.02. The Morgan fingerprint density at radius 2 is 2.13 bits per heavy atom. The Balaban J connectivity index is 1.39. The van der Waals surface area contributed by atoms with Crippen molar-refractivity contribution in [1.29, 1.82) is 0 Å². The Morgan fingerprint density at radius 3 is 2.78 bits per heavy atom. The fraction of sp³-hybridized carbons (Fsp3) is 0.375. The van der Waals surface area contributed by atoms with Gasteiger partial charge in [0.2, 0.25) is 0 Å². The molecule has 0 aromatic carbocycles. The number of carbonyl (C=O) groups is 2. The molecule has 6 nitrogen and oxygen atoms in total. The first-order valence-corrected chi connectivity index (χ1v) is 8.50. The molecular weight excluding hydrogens is 314 g/mol. The molecule has 2 N–H and O–H groups in total. The first-order valence-electron chi connectivity index (χ1n) is 7.62. The van der Waals surface area contributed by atoms with E-state index in [0.29, 0.717) is 31.1 Å². The number of furan rings is 1. The van der Waals surface area contributed by atoms with Crippen molar-refractivity contribution in [2.75, 3.05) is 25.0 Å². The number of amides is 3. The van der Waals surface area contributed by atoms with Crippen LogP contribution in [0.15, 0.2) is 40.5 Å². The summed E-state index contributed by atoms with van der Waals surface area (Å²) in [5, 5.41) is 8.46. The van der Waals surface area contributed by atoms with Gasteiger partial charge in [0.25, 0.3) is 5.91 Å². The van der Waals surface area contributed by atoms with Gasteiger partial charge in [-0.15, -0.1) is 11.3 Å². The number of piperidine rings is 1. The molecular formula is C16H19N3O3S. The molecule has 0 bridgehead atoms. The molecule has 0 atom stereocenters. The van der Waals surface area contributed by atoms with Crippen molar-refractivity contribution >= 4 is 28.3 Å². The van der Waals surface area contributed by atoms with Gasteiger partial charge in [-0.3, -0.25) is 10.1 Å². The van der Waals surface area contributed by atoms with Crippen molar-refractivity contribution in [2.24, 2.45) is 5.92 Å². The van der Waals surface area contributed by atoms with Crippen molar-refractivity contribution in [3.05, 3.63) is 41.7 Å². The molecule has 3 rings (SSSR count). The minimum atomic E-state index is -0.177. The molecule has 0 saturated carbocycles. The van der Waals surface area contributed by atoms with E-state index in [1.54, 1.807) is 6.07 Å². The second-order valence-corrected chi connectivity index (χ2v) is 6.51. The zero-order valence-corrected chi connectivity index (χ0v) is 13.5. The molecule has 2 aromatic rings. The highest BCUT2D eigenvalue weighted by molar-refractivity contribution is 7.14. The smallest absolute Gasteiger partial charge is 0.319 e. The van der Waals surface area contributed by atoms with Crippen molar-refractivity contribution in [3.63, 3.8) is 0 Å². The summed E-state index contributed by atoms with van der Waals surface area (Å²) in [6.45, 7) is 2.05. The average Bonchev–Trinajstić information content (AvgIpc) is 3.26. The van der Waals surface area contributed by atoms with Crippen LogP contribution >= 0.6 is 11.3 Å². The van der Waals surface area contributed by atoms with Crippen LogP contribution in [0.4, 0.5) is 9.80 Å². The van der Waals surface area contributed by atoms with Crippen LogP contribution in [0.25, 0.3) is 0 Å². The van der Waals surface area contributed by atoms with Gasteiger partial charge in [0.1, 0.15) is 6.26 Å². The first-order chi connectivity index (χ1) is 11.2. The number of likely N-dealkylation sites (tertiary alicyclic amines) is 1. The topological polar surface area (TPSA) is 74.6 Å². The van der Waals surface area contributed by atoms with E-state index < -0.39 is 0 Å². The quantitative estimate of drug-likeness (QED) is 0.903. The lowest BCUT2D eigenvalue weighted by Crippen LogP contribution is -2.42. The molecule has 23 heavy (non-hydrogen) atoms. The van der Waals surface area contributed by atoms with Crippen LogP contribution < -0.4 is 10.6 Å². The number of hydrogen-bond donors (Lipinski definition) is 2. The zero-order valence-electron chi connectivity index (χ0n) is 12.7. The second-order valence-electron chi connectivity index (χ2n) is 5.56. The van der Waals surface area contributed by atoms with E-state index >= 15 is 0 Å². The van der Waals surface area contributed by atoms with Gasteiger partial charge in [0, 0.05) is 19.6 Å². The summed E-state index contributed by atoms with van der Waals surface area (Å²) in [5.41, 5.74) is 0.594. The van der Waals surface area contributed by atoms with E-state index in [1.807, 2.05) is 22.4 Å². The summed E-state index contributed by atoms with van der Waals surface area (Å²) < 4.78 is 4.95. The lowest BCUT2D eigenvalue weighted by Gasteiger charge is -2.31. The third-order valence-electron chi connectivity index (χ3n) is 3.98. The maximum atomic E-state index is 12.2. The highest BCUT2D eigenvalue weighted by atomic mass is 32.1. The SMILES string of the molecule is O=C(NCC1CCN(C(=O)c2ccoc2)CC1)Nc1cccs1. The molecule has 0 radical (unpaired) electrons.